The number of aromatic nitrogens is 3. The molecule has 1 fully saturated rings. The molecule has 0 radical (unpaired) electrons. The number of amides is 1. The van der Waals surface area contributed by atoms with Crippen LogP contribution in [0.3, 0.4) is 0 Å². The van der Waals surface area contributed by atoms with Crippen molar-refractivity contribution in [3.63, 3.8) is 0 Å². The molecule has 8 nitrogen and oxygen atoms in total. The molecule has 3 aromatic rings. The normalized spacial score (nSPS) is 19.2. The van der Waals surface area contributed by atoms with E-state index in [0.29, 0.717) is 40.9 Å². The van der Waals surface area contributed by atoms with Gasteiger partial charge >= 0.3 is 12.3 Å². The number of fused-ring (bicyclic) bond motifs is 1. The summed E-state index contributed by atoms with van der Waals surface area (Å²) in [6.07, 6.45) is -1.05. The number of alkyl halides is 3. The Morgan fingerprint density at radius 2 is 2.12 bits per heavy atom. The maximum atomic E-state index is 12.7. The van der Waals surface area contributed by atoms with Gasteiger partial charge < -0.3 is 19.8 Å². The van der Waals surface area contributed by atoms with E-state index in [1.165, 1.54) is 6.20 Å². The van der Waals surface area contributed by atoms with E-state index in [1.54, 1.807) is 0 Å². The Balaban J connectivity index is 1.29. The molecule has 174 valence electrons. The molecule has 0 bridgehead atoms. The van der Waals surface area contributed by atoms with E-state index in [1.807, 2.05) is 24.3 Å². The number of benzene rings is 1. The van der Waals surface area contributed by atoms with Crippen LogP contribution < -0.4 is 15.4 Å². The molecule has 1 amide bonds. The van der Waals surface area contributed by atoms with E-state index in [4.69, 9.17) is 20.8 Å². The first-order chi connectivity index (χ1) is 15.8. The zero-order chi connectivity index (χ0) is 23.4. The Bertz CT molecular complexity index is 1160. The molecule has 33 heavy (non-hydrogen) atoms. The van der Waals surface area contributed by atoms with Crippen molar-refractivity contribution in [2.45, 2.75) is 31.1 Å². The summed E-state index contributed by atoms with van der Waals surface area (Å²) < 4.78 is 46.6. The molecule has 12 heteroatoms. The van der Waals surface area contributed by atoms with Crippen LogP contribution in [0.2, 0.25) is 5.02 Å². The molecule has 2 N–H and O–H groups in total. The highest BCUT2D eigenvalue weighted by molar-refractivity contribution is 6.38. The first-order valence-electron chi connectivity index (χ1n) is 10.1. The third kappa shape index (κ3) is 5.79. The summed E-state index contributed by atoms with van der Waals surface area (Å²) >= 11 is 6.41. The number of nitrogens with zero attached hydrogens (tertiary/aromatic N) is 3. The molecule has 0 aliphatic carbocycles. The number of pyridine rings is 1. The van der Waals surface area contributed by atoms with Crippen LogP contribution in [0.15, 0.2) is 47.0 Å². The second-order valence-corrected chi connectivity index (χ2v) is 7.75. The summed E-state index contributed by atoms with van der Waals surface area (Å²) in [5.74, 6) is -0.0553. The van der Waals surface area contributed by atoms with Gasteiger partial charge in [-0.2, -0.15) is 13.2 Å². The van der Waals surface area contributed by atoms with Crippen molar-refractivity contribution >= 4 is 28.4 Å². The monoisotopic (exact) mass is 481 g/mol. The number of rotatable bonds is 6. The standard InChI is InChI=1S/C21H19ClF3N5O3/c22-17-13-4-1-2-5-15(13)27-11-14(17)18(31)28-12-6-7-16(26-10-12)19-29-30-20(33-19)32-9-3-8-21(23,24)25/h1-5,8,11-12,16,26H,6-7,9-10H2,(H,28,31)/b8-3+/t12-,16+/m0/s1. The Morgan fingerprint density at radius 3 is 2.88 bits per heavy atom. The van der Waals surface area contributed by atoms with Crippen molar-refractivity contribution in [3.8, 4) is 6.08 Å². The molecule has 0 unspecified atom stereocenters. The maximum Gasteiger partial charge on any atom is 0.415 e. The van der Waals surface area contributed by atoms with E-state index in [-0.39, 0.29) is 42.6 Å². The number of ether oxygens (including phenoxy) is 1. The molecule has 4 rings (SSSR count). The van der Waals surface area contributed by atoms with E-state index < -0.39 is 6.18 Å². The van der Waals surface area contributed by atoms with Crippen LogP contribution in [0, 0.1) is 0 Å². The van der Waals surface area contributed by atoms with Gasteiger partial charge in [0.05, 0.1) is 22.1 Å². The number of piperidine rings is 1. The molecule has 2 aromatic heterocycles. The van der Waals surface area contributed by atoms with Gasteiger partial charge in [-0.05, 0) is 25.0 Å². The van der Waals surface area contributed by atoms with Gasteiger partial charge in [0, 0.05) is 30.2 Å². The summed E-state index contributed by atoms with van der Waals surface area (Å²) in [4.78, 5) is 17.0. The number of nitrogens with one attached hydrogen (secondary N) is 2. The molecule has 0 saturated carbocycles. The minimum atomic E-state index is -4.41. The minimum absolute atomic E-state index is 0.0720. The molecule has 1 aliphatic rings. The van der Waals surface area contributed by atoms with E-state index in [0.717, 1.165) is 6.08 Å². The van der Waals surface area contributed by atoms with Gasteiger partial charge in [0.25, 0.3) is 5.91 Å². The lowest BCUT2D eigenvalue weighted by atomic mass is 10.0. The second-order valence-electron chi connectivity index (χ2n) is 7.37. The van der Waals surface area contributed by atoms with Crippen molar-refractivity contribution in [3.05, 3.63) is 59.1 Å². The molecule has 3 heterocycles. The largest absolute Gasteiger partial charge is 0.445 e. The molecule has 2 atom stereocenters. The van der Waals surface area contributed by atoms with E-state index in [2.05, 4.69) is 25.8 Å². The Kier molecular flexibility index (Phi) is 6.80. The number of hydrogen-bond donors (Lipinski definition) is 2. The quantitative estimate of drug-likeness (QED) is 0.513. The SMILES string of the molecule is O=C(N[C@H]1CC[C@H](c2nnc(OC/C=C/C(F)(F)F)o2)NC1)c1cnc2ccccc2c1Cl. The van der Waals surface area contributed by atoms with Crippen LogP contribution in [0.25, 0.3) is 10.9 Å². The summed E-state index contributed by atoms with van der Waals surface area (Å²) in [6.45, 7) is 0.0987. The number of hydrogen-bond acceptors (Lipinski definition) is 7. The predicted molar refractivity (Wildman–Crippen MR) is 113 cm³/mol. The first kappa shape index (κ1) is 23.0. The molecular weight excluding hydrogens is 463 g/mol. The van der Waals surface area contributed by atoms with Gasteiger partial charge in [-0.15, -0.1) is 5.10 Å². The Morgan fingerprint density at radius 1 is 1.30 bits per heavy atom. The van der Waals surface area contributed by atoms with Crippen LogP contribution >= 0.6 is 11.6 Å². The maximum absolute atomic E-state index is 12.7. The highest BCUT2D eigenvalue weighted by Gasteiger charge is 2.28. The number of carbonyl (C=O) groups is 1. The van der Waals surface area contributed by atoms with Crippen LogP contribution in [0.1, 0.15) is 35.1 Å². The third-order valence-corrected chi connectivity index (χ3v) is 5.44. The summed E-state index contributed by atoms with van der Waals surface area (Å²) in [7, 11) is 0. The van der Waals surface area contributed by atoms with Crippen LogP contribution in [-0.4, -0.2) is 46.5 Å². The summed E-state index contributed by atoms with van der Waals surface area (Å²) in [5, 5.41) is 14.8. The van der Waals surface area contributed by atoms with Gasteiger partial charge in [0.2, 0.25) is 5.89 Å². The average molecular weight is 482 g/mol. The molecule has 1 aromatic carbocycles. The van der Waals surface area contributed by atoms with Crippen molar-refractivity contribution in [2.24, 2.45) is 0 Å². The zero-order valence-corrected chi connectivity index (χ0v) is 17.9. The van der Waals surface area contributed by atoms with Crippen LogP contribution in [-0.2, 0) is 0 Å². The van der Waals surface area contributed by atoms with Crippen LogP contribution in [0.5, 0.6) is 6.08 Å². The van der Waals surface area contributed by atoms with Gasteiger partial charge in [-0.3, -0.25) is 9.78 Å². The third-order valence-electron chi connectivity index (χ3n) is 5.03. The highest BCUT2D eigenvalue weighted by atomic mass is 35.5. The number of halogens is 4. The number of carbonyl (C=O) groups excluding carboxylic acids is 1. The van der Waals surface area contributed by atoms with Crippen molar-refractivity contribution in [1.82, 2.24) is 25.8 Å². The smallest absolute Gasteiger partial charge is 0.415 e. The number of para-hydroxylation sites is 1. The molecule has 1 aliphatic heterocycles. The van der Waals surface area contributed by atoms with Crippen LogP contribution in [0.4, 0.5) is 13.2 Å². The van der Waals surface area contributed by atoms with Gasteiger partial charge in [0.1, 0.15) is 6.61 Å². The fraction of sp³-hybridized carbons (Fsp3) is 0.333. The predicted octanol–water partition coefficient (Wildman–Crippen LogP) is 3.99. The first-order valence-corrected chi connectivity index (χ1v) is 10.5. The number of allylic oxidation sites excluding steroid dienone is 1. The zero-order valence-electron chi connectivity index (χ0n) is 17.1. The van der Waals surface area contributed by atoms with Crippen molar-refractivity contribution in [1.29, 1.82) is 0 Å². The van der Waals surface area contributed by atoms with Gasteiger partial charge in [-0.1, -0.05) is 34.9 Å². The summed E-state index contributed by atoms with van der Waals surface area (Å²) in [6, 6.07) is 6.89. The van der Waals surface area contributed by atoms with E-state index in [9.17, 15) is 18.0 Å². The Hall–Kier alpha value is -3.18. The lowest BCUT2D eigenvalue weighted by Gasteiger charge is -2.28. The van der Waals surface area contributed by atoms with Gasteiger partial charge in [-0.25, -0.2) is 0 Å². The lowest BCUT2D eigenvalue weighted by Crippen LogP contribution is -2.46. The highest BCUT2D eigenvalue weighted by Crippen LogP contribution is 2.27. The second kappa shape index (κ2) is 9.75. The van der Waals surface area contributed by atoms with Crippen molar-refractivity contribution in [2.75, 3.05) is 13.2 Å². The van der Waals surface area contributed by atoms with Crippen molar-refractivity contribution < 1.29 is 27.1 Å². The summed E-state index contributed by atoms with van der Waals surface area (Å²) in [5.41, 5.74) is 1.01. The fourth-order valence-electron chi connectivity index (χ4n) is 3.44. The lowest BCUT2D eigenvalue weighted by molar-refractivity contribution is -0.0802. The molecular formula is C21H19ClF3N5O3. The Labute approximate surface area is 191 Å². The average Bonchev–Trinajstić information content (AvgIpc) is 3.26. The fourth-order valence-corrected chi connectivity index (χ4v) is 3.73. The molecule has 1 saturated heterocycles. The molecule has 0 spiro atoms. The topological polar surface area (TPSA) is 102 Å². The van der Waals surface area contributed by atoms with Gasteiger partial charge in [0.15, 0.2) is 0 Å². The van der Waals surface area contributed by atoms with E-state index >= 15 is 0 Å². The minimum Gasteiger partial charge on any atom is -0.445 e.